The molecule has 0 bridgehead atoms. The number of benzene rings is 1. The van der Waals surface area contributed by atoms with Crippen LogP contribution in [0.25, 0.3) is 0 Å². The number of aryl methyl sites for hydroxylation is 1. The number of anilines is 1. The fraction of sp³-hybridized carbons (Fsp3) is 0.462. The van der Waals surface area contributed by atoms with Crippen molar-refractivity contribution in [2.75, 3.05) is 5.32 Å². The molecule has 1 atom stereocenters. The van der Waals surface area contributed by atoms with Crippen LogP contribution in [0.15, 0.2) is 18.2 Å². The van der Waals surface area contributed by atoms with Crippen LogP contribution in [0.3, 0.4) is 0 Å². The molecule has 0 aromatic heterocycles. The minimum absolute atomic E-state index is 0.00535. The van der Waals surface area contributed by atoms with E-state index in [1.54, 1.807) is 6.92 Å². The molecule has 0 unspecified atom stereocenters. The summed E-state index contributed by atoms with van der Waals surface area (Å²) in [6.45, 7) is 3.74. The quantitative estimate of drug-likeness (QED) is 0.609. The Morgan fingerprint density at radius 2 is 2.21 bits per heavy atom. The predicted octanol–water partition coefficient (Wildman–Crippen LogP) is 2.36. The Labute approximate surface area is 112 Å². The average Bonchev–Trinajstić information content (AvgIpc) is 2.37. The van der Waals surface area contributed by atoms with Crippen molar-refractivity contribution in [1.29, 1.82) is 0 Å². The molecule has 104 valence electrons. The molecule has 0 radical (unpaired) electrons. The van der Waals surface area contributed by atoms with E-state index in [9.17, 15) is 14.9 Å². The van der Waals surface area contributed by atoms with Gasteiger partial charge in [0.25, 0.3) is 5.69 Å². The predicted molar refractivity (Wildman–Crippen MR) is 74.0 cm³/mol. The van der Waals surface area contributed by atoms with E-state index in [-0.39, 0.29) is 11.6 Å². The van der Waals surface area contributed by atoms with E-state index in [0.29, 0.717) is 17.7 Å². The molecule has 0 spiro atoms. The SMILES string of the molecule is CCCC[C@H](N)C(=O)Nc1ccc([N+](=O)[O-])cc1C. The summed E-state index contributed by atoms with van der Waals surface area (Å²) in [6, 6.07) is 3.76. The van der Waals surface area contributed by atoms with Gasteiger partial charge in [-0.15, -0.1) is 0 Å². The Hall–Kier alpha value is -1.95. The number of nitrogens with one attached hydrogen (secondary N) is 1. The molecule has 0 aliphatic heterocycles. The standard InChI is InChI=1S/C13H19N3O3/c1-3-4-5-11(14)13(17)15-12-7-6-10(16(18)19)8-9(12)2/h6-8,11H,3-5,14H2,1-2H3,(H,15,17)/t11-/m0/s1. The molecule has 0 aliphatic carbocycles. The minimum atomic E-state index is -0.547. The Kier molecular flexibility index (Phi) is 5.44. The maximum Gasteiger partial charge on any atom is 0.269 e. The maximum absolute atomic E-state index is 11.8. The summed E-state index contributed by atoms with van der Waals surface area (Å²) in [5.74, 6) is -0.259. The van der Waals surface area contributed by atoms with E-state index in [2.05, 4.69) is 5.32 Å². The zero-order chi connectivity index (χ0) is 14.4. The van der Waals surface area contributed by atoms with Crippen LogP contribution >= 0.6 is 0 Å². The first-order valence-corrected chi connectivity index (χ1v) is 6.27. The van der Waals surface area contributed by atoms with Gasteiger partial charge < -0.3 is 11.1 Å². The third kappa shape index (κ3) is 4.33. The lowest BCUT2D eigenvalue weighted by atomic mass is 10.1. The zero-order valence-corrected chi connectivity index (χ0v) is 11.2. The molecule has 0 saturated carbocycles. The van der Waals surface area contributed by atoms with Crippen molar-refractivity contribution >= 4 is 17.3 Å². The molecule has 0 aliphatic rings. The third-order valence-electron chi connectivity index (χ3n) is 2.88. The Morgan fingerprint density at radius 3 is 2.74 bits per heavy atom. The van der Waals surface area contributed by atoms with Crippen LogP contribution in [0.4, 0.5) is 11.4 Å². The number of nitro groups is 1. The van der Waals surface area contributed by atoms with Gasteiger partial charge in [-0.1, -0.05) is 19.8 Å². The number of rotatable bonds is 6. The second-order valence-corrected chi connectivity index (χ2v) is 4.49. The van der Waals surface area contributed by atoms with Gasteiger partial charge in [0.05, 0.1) is 11.0 Å². The Bertz CT molecular complexity index is 474. The number of nitrogens with two attached hydrogens (primary N) is 1. The fourth-order valence-electron chi connectivity index (χ4n) is 1.68. The average molecular weight is 265 g/mol. The van der Waals surface area contributed by atoms with E-state index in [4.69, 9.17) is 5.73 Å². The molecule has 0 saturated heterocycles. The molecule has 0 heterocycles. The molecule has 3 N–H and O–H groups in total. The lowest BCUT2D eigenvalue weighted by Crippen LogP contribution is -2.35. The summed E-state index contributed by atoms with van der Waals surface area (Å²) < 4.78 is 0. The number of hydrogen-bond acceptors (Lipinski definition) is 4. The van der Waals surface area contributed by atoms with Gasteiger partial charge >= 0.3 is 0 Å². The van der Waals surface area contributed by atoms with E-state index in [1.165, 1.54) is 18.2 Å². The Balaban J connectivity index is 2.72. The third-order valence-corrected chi connectivity index (χ3v) is 2.88. The first-order valence-electron chi connectivity index (χ1n) is 6.27. The molecule has 1 rings (SSSR count). The minimum Gasteiger partial charge on any atom is -0.324 e. The summed E-state index contributed by atoms with van der Waals surface area (Å²) in [4.78, 5) is 22.0. The number of nitro benzene ring substituents is 1. The van der Waals surface area contributed by atoms with Gasteiger partial charge in [0.15, 0.2) is 0 Å². The van der Waals surface area contributed by atoms with Crippen LogP contribution in [-0.4, -0.2) is 16.9 Å². The highest BCUT2D eigenvalue weighted by molar-refractivity contribution is 5.95. The van der Waals surface area contributed by atoms with Crippen molar-refractivity contribution in [2.24, 2.45) is 5.73 Å². The molecule has 1 amide bonds. The summed E-state index contributed by atoms with van der Waals surface area (Å²) in [7, 11) is 0. The number of non-ortho nitro benzene ring substituents is 1. The molecular weight excluding hydrogens is 246 g/mol. The summed E-state index contributed by atoms with van der Waals surface area (Å²) in [6.07, 6.45) is 2.51. The number of hydrogen-bond donors (Lipinski definition) is 2. The molecule has 19 heavy (non-hydrogen) atoms. The molecule has 1 aromatic carbocycles. The van der Waals surface area contributed by atoms with E-state index >= 15 is 0 Å². The highest BCUT2D eigenvalue weighted by atomic mass is 16.6. The van der Waals surface area contributed by atoms with Crippen LogP contribution < -0.4 is 11.1 Å². The first kappa shape index (κ1) is 15.1. The van der Waals surface area contributed by atoms with Gasteiger partial charge in [0, 0.05) is 17.8 Å². The normalized spacial score (nSPS) is 11.9. The highest BCUT2D eigenvalue weighted by Gasteiger charge is 2.15. The van der Waals surface area contributed by atoms with Gasteiger partial charge in [0.1, 0.15) is 0 Å². The largest absolute Gasteiger partial charge is 0.324 e. The first-order chi connectivity index (χ1) is 8.95. The molecule has 0 fully saturated rings. The van der Waals surface area contributed by atoms with Gasteiger partial charge in [-0.2, -0.15) is 0 Å². The van der Waals surface area contributed by atoms with Gasteiger partial charge in [0.2, 0.25) is 5.91 Å². The maximum atomic E-state index is 11.8. The highest BCUT2D eigenvalue weighted by Crippen LogP contribution is 2.21. The van der Waals surface area contributed by atoms with Crippen LogP contribution in [0, 0.1) is 17.0 Å². The fourth-order valence-corrected chi connectivity index (χ4v) is 1.68. The summed E-state index contributed by atoms with van der Waals surface area (Å²) >= 11 is 0. The number of carbonyl (C=O) groups is 1. The van der Waals surface area contributed by atoms with Crippen LogP contribution in [-0.2, 0) is 4.79 Å². The number of nitrogens with zero attached hydrogens (tertiary/aromatic N) is 1. The monoisotopic (exact) mass is 265 g/mol. The van der Waals surface area contributed by atoms with Gasteiger partial charge in [-0.3, -0.25) is 14.9 Å². The zero-order valence-electron chi connectivity index (χ0n) is 11.2. The number of carbonyl (C=O) groups excluding carboxylic acids is 1. The van der Waals surface area contributed by atoms with Crippen molar-refractivity contribution in [2.45, 2.75) is 39.2 Å². The van der Waals surface area contributed by atoms with Gasteiger partial charge in [-0.05, 0) is 25.0 Å². The Morgan fingerprint density at radius 1 is 1.53 bits per heavy atom. The van der Waals surface area contributed by atoms with Crippen LogP contribution in [0.1, 0.15) is 31.7 Å². The molecular formula is C13H19N3O3. The van der Waals surface area contributed by atoms with Gasteiger partial charge in [-0.25, -0.2) is 0 Å². The van der Waals surface area contributed by atoms with E-state index in [0.717, 1.165) is 12.8 Å². The second kappa shape index (κ2) is 6.84. The summed E-state index contributed by atoms with van der Waals surface area (Å²) in [5, 5.41) is 13.3. The molecule has 6 heteroatoms. The summed E-state index contributed by atoms with van der Waals surface area (Å²) in [5.41, 5.74) is 6.97. The van der Waals surface area contributed by atoms with Crippen molar-refractivity contribution in [1.82, 2.24) is 0 Å². The lowest BCUT2D eigenvalue weighted by Gasteiger charge is -2.13. The molecule has 6 nitrogen and oxygen atoms in total. The van der Waals surface area contributed by atoms with Crippen LogP contribution in [0.2, 0.25) is 0 Å². The topological polar surface area (TPSA) is 98.3 Å². The molecule has 1 aromatic rings. The number of amides is 1. The second-order valence-electron chi connectivity index (χ2n) is 4.49. The van der Waals surface area contributed by atoms with Crippen LogP contribution in [0.5, 0.6) is 0 Å². The van der Waals surface area contributed by atoms with E-state index < -0.39 is 11.0 Å². The lowest BCUT2D eigenvalue weighted by molar-refractivity contribution is -0.384. The number of unbranched alkanes of at least 4 members (excludes halogenated alkanes) is 1. The van der Waals surface area contributed by atoms with Crippen molar-refractivity contribution in [3.8, 4) is 0 Å². The van der Waals surface area contributed by atoms with Crippen molar-refractivity contribution in [3.63, 3.8) is 0 Å². The smallest absolute Gasteiger partial charge is 0.269 e. The van der Waals surface area contributed by atoms with Crippen molar-refractivity contribution in [3.05, 3.63) is 33.9 Å². The van der Waals surface area contributed by atoms with Crippen molar-refractivity contribution < 1.29 is 9.72 Å². The van der Waals surface area contributed by atoms with E-state index in [1.807, 2.05) is 6.92 Å².